The molecule has 1 spiro atoms. The second-order valence-electron chi connectivity index (χ2n) is 9.22. The Morgan fingerprint density at radius 3 is 2.75 bits per heavy atom. The standard InChI is InChI=1S/C20H35N3O/c1-4-21-18(22-16-15-8-13-24-17(15)19(16,2)3)23-12-11-20(14-23)9-6-5-7-10-20/h15-17H,4-14H2,1-3H3,(H,21,22). The van der Waals surface area contributed by atoms with E-state index in [-0.39, 0.29) is 5.41 Å². The lowest BCUT2D eigenvalue weighted by atomic mass is 9.57. The van der Waals surface area contributed by atoms with Crippen molar-refractivity contribution < 1.29 is 4.74 Å². The number of likely N-dealkylation sites (tertiary alicyclic amines) is 1. The lowest BCUT2D eigenvalue weighted by molar-refractivity contribution is -0.107. The van der Waals surface area contributed by atoms with Gasteiger partial charge in [0.1, 0.15) is 0 Å². The van der Waals surface area contributed by atoms with Gasteiger partial charge in [0.2, 0.25) is 0 Å². The topological polar surface area (TPSA) is 36.9 Å². The SMILES string of the molecule is CCN=C(NC1C2CCOC2C1(C)C)N1CCC2(CCCCC2)C1. The van der Waals surface area contributed by atoms with Crippen LogP contribution in [0.5, 0.6) is 0 Å². The number of ether oxygens (including phenoxy) is 1. The number of aliphatic imine (C=N–C) groups is 1. The summed E-state index contributed by atoms with van der Waals surface area (Å²) in [6, 6.07) is 0.512. The van der Waals surface area contributed by atoms with Crippen molar-refractivity contribution in [2.24, 2.45) is 21.7 Å². The third-order valence-electron chi connectivity index (χ3n) is 7.35. The molecule has 0 aromatic heterocycles. The maximum Gasteiger partial charge on any atom is 0.194 e. The second kappa shape index (κ2) is 6.19. The number of hydrogen-bond donors (Lipinski definition) is 1. The Balaban J connectivity index is 1.45. The van der Waals surface area contributed by atoms with E-state index in [2.05, 4.69) is 31.0 Å². The average Bonchev–Trinajstić information content (AvgIpc) is 3.18. The van der Waals surface area contributed by atoms with Crippen LogP contribution in [-0.2, 0) is 4.74 Å². The van der Waals surface area contributed by atoms with Crippen LogP contribution in [0.1, 0.15) is 65.7 Å². The number of nitrogens with one attached hydrogen (secondary N) is 1. The molecule has 4 rings (SSSR count). The quantitative estimate of drug-likeness (QED) is 0.621. The van der Waals surface area contributed by atoms with Crippen LogP contribution in [0.2, 0.25) is 0 Å². The van der Waals surface area contributed by atoms with E-state index < -0.39 is 0 Å². The van der Waals surface area contributed by atoms with E-state index in [0.717, 1.165) is 13.2 Å². The zero-order valence-corrected chi connectivity index (χ0v) is 15.8. The number of fused-ring (bicyclic) bond motifs is 1. The molecule has 24 heavy (non-hydrogen) atoms. The normalized spacial score (nSPS) is 37.4. The lowest BCUT2D eigenvalue weighted by Crippen LogP contribution is -2.68. The van der Waals surface area contributed by atoms with E-state index in [1.165, 1.54) is 64.0 Å². The van der Waals surface area contributed by atoms with Crippen molar-refractivity contribution in [3.63, 3.8) is 0 Å². The highest BCUT2D eigenvalue weighted by atomic mass is 16.5. The Labute approximate surface area is 147 Å². The Kier molecular flexibility index (Phi) is 4.30. The van der Waals surface area contributed by atoms with Crippen molar-refractivity contribution in [2.75, 3.05) is 26.2 Å². The summed E-state index contributed by atoms with van der Waals surface area (Å²) in [6.45, 7) is 11.1. The molecule has 0 radical (unpaired) electrons. The molecule has 1 N–H and O–H groups in total. The Morgan fingerprint density at radius 1 is 1.21 bits per heavy atom. The largest absolute Gasteiger partial charge is 0.377 e. The first-order valence-electron chi connectivity index (χ1n) is 10.2. The van der Waals surface area contributed by atoms with E-state index >= 15 is 0 Å². The lowest BCUT2D eigenvalue weighted by Gasteiger charge is -2.55. The van der Waals surface area contributed by atoms with Crippen molar-refractivity contribution in [3.05, 3.63) is 0 Å². The molecule has 0 aromatic rings. The molecular weight excluding hydrogens is 298 g/mol. The minimum atomic E-state index is 0.220. The summed E-state index contributed by atoms with van der Waals surface area (Å²) in [7, 11) is 0. The van der Waals surface area contributed by atoms with Gasteiger partial charge in [-0.1, -0.05) is 33.1 Å². The van der Waals surface area contributed by atoms with Crippen molar-refractivity contribution in [2.45, 2.75) is 77.9 Å². The molecule has 2 aliphatic carbocycles. The van der Waals surface area contributed by atoms with E-state index in [0.29, 0.717) is 23.5 Å². The van der Waals surface area contributed by atoms with Crippen molar-refractivity contribution in [1.29, 1.82) is 0 Å². The molecule has 2 saturated heterocycles. The fourth-order valence-corrected chi connectivity index (χ4v) is 5.97. The highest BCUT2D eigenvalue weighted by Gasteiger charge is 2.60. The molecule has 2 aliphatic heterocycles. The van der Waals surface area contributed by atoms with Crippen LogP contribution in [0.25, 0.3) is 0 Å². The summed E-state index contributed by atoms with van der Waals surface area (Å²) in [6.07, 6.45) is 10.2. The molecule has 4 nitrogen and oxygen atoms in total. The summed E-state index contributed by atoms with van der Waals surface area (Å²) < 4.78 is 5.96. The van der Waals surface area contributed by atoms with Crippen LogP contribution in [0.3, 0.4) is 0 Å². The summed E-state index contributed by atoms with van der Waals surface area (Å²) in [4.78, 5) is 7.44. The van der Waals surface area contributed by atoms with E-state index in [1.807, 2.05) is 0 Å². The zero-order chi connectivity index (χ0) is 16.8. The summed E-state index contributed by atoms with van der Waals surface area (Å²) in [5, 5.41) is 3.88. The van der Waals surface area contributed by atoms with Gasteiger partial charge in [0.15, 0.2) is 5.96 Å². The maximum absolute atomic E-state index is 5.96. The van der Waals surface area contributed by atoms with Crippen molar-refractivity contribution in [3.8, 4) is 0 Å². The van der Waals surface area contributed by atoms with Gasteiger partial charge in [-0.3, -0.25) is 4.99 Å². The van der Waals surface area contributed by atoms with E-state index in [4.69, 9.17) is 9.73 Å². The van der Waals surface area contributed by atoms with Gasteiger partial charge in [-0.05, 0) is 38.0 Å². The van der Waals surface area contributed by atoms with Crippen molar-refractivity contribution >= 4 is 5.96 Å². The zero-order valence-electron chi connectivity index (χ0n) is 15.8. The van der Waals surface area contributed by atoms with Gasteiger partial charge < -0.3 is 15.0 Å². The number of guanidine groups is 1. The van der Waals surface area contributed by atoms with Crippen LogP contribution >= 0.6 is 0 Å². The summed E-state index contributed by atoms with van der Waals surface area (Å²) >= 11 is 0. The highest BCUT2D eigenvalue weighted by Crippen LogP contribution is 2.52. The van der Waals surface area contributed by atoms with E-state index in [9.17, 15) is 0 Å². The van der Waals surface area contributed by atoms with E-state index in [1.54, 1.807) is 0 Å². The fourth-order valence-electron chi connectivity index (χ4n) is 5.97. The van der Waals surface area contributed by atoms with Crippen LogP contribution in [0, 0.1) is 16.7 Å². The third-order valence-corrected chi connectivity index (χ3v) is 7.35. The Hall–Kier alpha value is -0.770. The Morgan fingerprint density at radius 2 is 2.00 bits per heavy atom. The van der Waals surface area contributed by atoms with Gasteiger partial charge in [0.25, 0.3) is 0 Å². The predicted molar refractivity (Wildman–Crippen MR) is 98.2 cm³/mol. The molecule has 0 bridgehead atoms. The van der Waals surface area contributed by atoms with Crippen LogP contribution < -0.4 is 5.32 Å². The maximum atomic E-state index is 5.96. The molecule has 0 aromatic carbocycles. The van der Waals surface area contributed by atoms with Gasteiger partial charge in [-0.15, -0.1) is 0 Å². The van der Waals surface area contributed by atoms with Gasteiger partial charge in [0, 0.05) is 43.6 Å². The first-order chi connectivity index (χ1) is 11.6. The molecular formula is C20H35N3O. The fraction of sp³-hybridized carbons (Fsp3) is 0.950. The second-order valence-corrected chi connectivity index (χ2v) is 9.22. The van der Waals surface area contributed by atoms with Crippen molar-refractivity contribution in [1.82, 2.24) is 10.2 Å². The molecule has 136 valence electrons. The summed E-state index contributed by atoms with van der Waals surface area (Å²) in [5.41, 5.74) is 0.806. The molecule has 3 unspecified atom stereocenters. The van der Waals surface area contributed by atoms with Gasteiger partial charge in [-0.25, -0.2) is 0 Å². The van der Waals surface area contributed by atoms with Crippen LogP contribution in [0.15, 0.2) is 4.99 Å². The molecule has 4 heteroatoms. The highest BCUT2D eigenvalue weighted by molar-refractivity contribution is 5.81. The molecule has 0 amide bonds. The molecule has 2 saturated carbocycles. The van der Waals surface area contributed by atoms with Gasteiger partial charge in [0.05, 0.1) is 6.10 Å². The first kappa shape index (κ1) is 16.7. The van der Waals surface area contributed by atoms with Crippen LogP contribution in [0.4, 0.5) is 0 Å². The first-order valence-corrected chi connectivity index (χ1v) is 10.2. The number of nitrogens with zero attached hydrogens (tertiary/aromatic N) is 2. The average molecular weight is 334 g/mol. The minimum absolute atomic E-state index is 0.220. The third kappa shape index (κ3) is 2.65. The molecule has 3 atom stereocenters. The van der Waals surface area contributed by atoms with Crippen LogP contribution in [-0.4, -0.2) is 49.2 Å². The summed E-state index contributed by atoms with van der Waals surface area (Å²) in [5.74, 6) is 1.84. The number of rotatable bonds is 2. The monoisotopic (exact) mass is 333 g/mol. The molecule has 2 heterocycles. The molecule has 4 fully saturated rings. The minimum Gasteiger partial charge on any atom is -0.377 e. The Bertz CT molecular complexity index is 495. The van der Waals surface area contributed by atoms with Gasteiger partial charge in [-0.2, -0.15) is 0 Å². The van der Waals surface area contributed by atoms with Gasteiger partial charge >= 0.3 is 0 Å². The predicted octanol–water partition coefficient (Wildman–Crippen LogP) is 3.42. The smallest absolute Gasteiger partial charge is 0.194 e. The molecule has 4 aliphatic rings. The number of hydrogen-bond acceptors (Lipinski definition) is 2.